The van der Waals surface area contributed by atoms with Gasteiger partial charge in [-0.3, -0.25) is 9.98 Å². The van der Waals surface area contributed by atoms with Crippen molar-refractivity contribution in [3.05, 3.63) is 35.2 Å². The SMILES string of the molecule is CC1(C)C2CCC1(CS(=O)(=O)O)C(=NNc1nc(-c3ccc(C#N)cc3)cs1)C2. The molecule has 9 heteroatoms. The zero-order valence-corrected chi connectivity index (χ0v) is 17.8. The molecule has 0 saturated heterocycles. The maximum absolute atomic E-state index is 11.7. The predicted octanol–water partition coefficient (Wildman–Crippen LogP) is 4.16. The molecule has 29 heavy (non-hydrogen) atoms. The minimum Gasteiger partial charge on any atom is -0.286 e. The molecular weight excluding hydrogens is 408 g/mol. The summed E-state index contributed by atoms with van der Waals surface area (Å²) in [5.74, 6) is 0.0635. The maximum Gasteiger partial charge on any atom is 0.265 e. The van der Waals surface area contributed by atoms with Crippen LogP contribution in [0.15, 0.2) is 34.7 Å². The summed E-state index contributed by atoms with van der Waals surface area (Å²) in [6, 6.07) is 9.29. The van der Waals surface area contributed by atoms with Gasteiger partial charge in [-0.15, -0.1) is 11.3 Å². The van der Waals surface area contributed by atoms with E-state index in [1.165, 1.54) is 11.3 Å². The summed E-state index contributed by atoms with van der Waals surface area (Å²) in [6.07, 6.45) is 2.38. The Morgan fingerprint density at radius 3 is 2.72 bits per heavy atom. The minimum absolute atomic E-state index is 0.236. The quantitative estimate of drug-likeness (QED) is 0.543. The highest BCUT2D eigenvalue weighted by Gasteiger charge is 2.64. The van der Waals surface area contributed by atoms with Crippen LogP contribution in [0.4, 0.5) is 5.13 Å². The lowest BCUT2D eigenvalue weighted by Gasteiger charge is -2.37. The number of anilines is 1. The normalized spacial score (nSPS) is 26.6. The van der Waals surface area contributed by atoms with Gasteiger partial charge in [0.05, 0.1) is 23.1 Å². The van der Waals surface area contributed by atoms with E-state index < -0.39 is 15.5 Å². The molecule has 2 aromatic rings. The topological polar surface area (TPSA) is 115 Å². The van der Waals surface area contributed by atoms with E-state index in [0.29, 0.717) is 23.0 Å². The van der Waals surface area contributed by atoms with Crippen molar-refractivity contribution in [1.29, 1.82) is 5.26 Å². The van der Waals surface area contributed by atoms with E-state index in [0.717, 1.165) is 29.8 Å². The third kappa shape index (κ3) is 3.45. The Hall–Kier alpha value is -2.28. The molecule has 2 bridgehead atoms. The average Bonchev–Trinajstić information content (AvgIpc) is 3.28. The van der Waals surface area contributed by atoms with Crippen LogP contribution in [0.25, 0.3) is 11.3 Å². The van der Waals surface area contributed by atoms with Crippen molar-refractivity contribution in [2.45, 2.75) is 33.1 Å². The highest BCUT2D eigenvalue weighted by Crippen LogP contribution is 2.64. The number of nitriles is 1. The van der Waals surface area contributed by atoms with E-state index in [9.17, 15) is 13.0 Å². The minimum atomic E-state index is -4.12. The molecule has 1 aromatic heterocycles. The zero-order valence-electron chi connectivity index (χ0n) is 16.2. The summed E-state index contributed by atoms with van der Waals surface area (Å²) in [7, 11) is -4.12. The monoisotopic (exact) mass is 430 g/mol. The van der Waals surface area contributed by atoms with Crippen LogP contribution >= 0.6 is 11.3 Å². The van der Waals surface area contributed by atoms with Gasteiger partial charge in [0.1, 0.15) is 0 Å². The average molecular weight is 431 g/mol. The van der Waals surface area contributed by atoms with Gasteiger partial charge in [-0.25, -0.2) is 4.98 Å². The highest BCUT2D eigenvalue weighted by atomic mass is 32.2. The summed E-state index contributed by atoms with van der Waals surface area (Å²) in [4.78, 5) is 4.54. The molecular formula is C20H22N4O3S2. The molecule has 0 aliphatic heterocycles. The molecule has 2 N–H and O–H groups in total. The smallest absolute Gasteiger partial charge is 0.265 e. The molecule has 2 saturated carbocycles. The van der Waals surface area contributed by atoms with E-state index in [1.807, 2.05) is 17.5 Å². The van der Waals surface area contributed by atoms with Gasteiger partial charge in [-0.2, -0.15) is 18.8 Å². The fourth-order valence-corrected chi connectivity index (χ4v) is 6.86. The lowest BCUT2D eigenvalue weighted by molar-refractivity contribution is 0.193. The summed E-state index contributed by atoms with van der Waals surface area (Å²) in [5.41, 5.74) is 5.20. The number of hydrogen-bond acceptors (Lipinski definition) is 7. The van der Waals surface area contributed by atoms with Gasteiger partial charge in [0.2, 0.25) is 5.13 Å². The van der Waals surface area contributed by atoms with Gasteiger partial charge < -0.3 is 0 Å². The van der Waals surface area contributed by atoms with E-state index in [1.54, 1.807) is 12.1 Å². The predicted molar refractivity (Wildman–Crippen MR) is 113 cm³/mol. The van der Waals surface area contributed by atoms with Crippen molar-refractivity contribution < 1.29 is 13.0 Å². The van der Waals surface area contributed by atoms with E-state index in [4.69, 9.17) is 5.26 Å². The Labute approximate surface area is 174 Å². The summed E-state index contributed by atoms with van der Waals surface area (Å²) in [5, 5.41) is 16.0. The van der Waals surface area contributed by atoms with Gasteiger partial charge in [0.25, 0.3) is 10.1 Å². The summed E-state index contributed by atoms with van der Waals surface area (Å²) in [6.45, 7) is 4.15. The van der Waals surface area contributed by atoms with Crippen molar-refractivity contribution in [1.82, 2.24) is 4.98 Å². The first-order chi connectivity index (χ1) is 13.6. The lowest BCUT2D eigenvalue weighted by Crippen LogP contribution is -2.42. The first kappa shape index (κ1) is 20.0. The van der Waals surface area contributed by atoms with Gasteiger partial charge in [0.15, 0.2) is 0 Å². The van der Waals surface area contributed by atoms with Gasteiger partial charge in [-0.05, 0) is 42.7 Å². The number of benzene rings is 1. The fraction of sp³-hybridized carbons (Fsp3) is 0.450. The van der Waals surface area contributed by atoms with E-state index in [-0.39, 0.29) is 11.2 Å². The molecule has 7 nitrogen and oxygen atoms in total. The number of nitrogens with one attached hydrogen (secondary N) is 1. The molecule has 1 heterocycles. The van der Waals surface area contributed by atoms with E-state index in [2.05, 4.69) is 35.4 Å². The molecule has 0 spiro atoms. The number of rotatable bonds is 5. The van der Waals surface area contributed by atoms with Crippen LogP contribution in [-0.4, -0.2) is 29.4 Å². The third-order valence-electron chi connectivity index (χ3n) is 6.70. The largest absolute Gasteiger partial charge is 0.286 e. The Balaban J connectivity index is 1.57. The molecule has 4 rings (SSSR count). The Morgan fingerprint density at radius 1 is 1.38 bits per heavy atom. The molecule has 2 unspecified atom stereocenters. The van der Waals surface area contributed by atoms with Gasteiger partial charge >= 0.3 is 0 Å². The van der Waals surface area contributed by atoms with Crippen LogP contribution in [0.2, 0.25) is 0 Å². The van der Waals surface area contributed by atoms with Crippen LogP contribution in [0.1, 0.15) is 38.7 Å². The van der Waals surface area contributed by atoms with Crippen molar-refractivity contribution >= 4 is 32.3 Å². The molecule has 2 aliphatic carbocycles. The van der Waals surface area contributed by atoms with Crippen molar-refractivity contribution in [3.8, 4) is 17.3 Å². The highest BCUT2D eigenvalue weighted by molar-refractivity contribution is 7.85. The number of nitrogens with zero attached hydrogens (tertiary/aromatic N) is 3. The standard InChI is InChI=1S/C20H22N4O3S2/c1-19(2)15-7-8-20(19,12-29(25,26)27)17(9-15)23-24-18-22-16(11-28-18)14-5-3-13(10-21)4-6-14/h3-6,11,15H,7-9,12H2,1-2H3,(H,22,24)(H,25,26,27). The summed E-state index contributed by atoms with van der Waals surface area (Å²) >= 11 is 1.41. The first-order valence-electron chi connectivity index (χ1n) is 9.39. The van der Waals surface area contributed by atoms with Crippen LogP contribution in [-0.2, 0) is 10.1 Å². The fourth-order valence-electron chi connectivity index (χ4n) is 4.89. The number of thiazole rings is 1. The number of hydrazone groups is 1. The van der Waals surface area contributed by atoms with Crippen LogP contribution in [0, 0.1) is 28.1 Å². The van der Waals surface area contributed by atoms with Crippen LogP contribution in [0.5, 0.6) is 0 Å². The molecule has 1 aromatic carbocycles. The van der Waals surface area contributed by atoms with Gasteiger partial charge in [0, 0.05) is 22.1 Å². The van der Waals surface area contributed by atoms with Crippen LogP contribution < -0.4 is 5.43 Å². The summed E-state index contributed by atoms with van der Waals surface area (Å²) < 4.78 is 33.0. The molecule has 2 fully saturated rings. The molecule has 0 radical (unpaired) electrons. The maximum atomic E-state index is 11.7. The number of hydrogen-bond donors (Lipinski definition) is 2. The number of fused-ring (bicyclic) bond motifs is 2. The second-order valence-electron chi connectivity index (χ2n) is 8.37. The lowest BCUT2D eigenvalue weighted by atomic mass is 9.70. The Bertz CT molecular complexity index is 1110. The second kappa shape index (κ2) is 6.90. The molecule has 2 atom stereocenters. The first-order valence-corrected chi connectivity index (χ1v) is 11.9. The van der Waals surface area contributed by atoms with Gasteiger partial charge in [-0.1, -0.05) is 26.0 Å². The van der Waals surface area contributed by atoms with Crippen molar-refractivity contribution in [2.75, 3.05) is 11.2 Å². The second-order valence-corrected chi connectivity index (χ2v) is 10.7. The van der Waals surface area contributed by atoms with Crippen molar-refractivity contribution in [2.24, 2.45) is 21.8 Å². The molecule has 0 amide bonds. The molecule has 2 aliphatic rings. The zero-order chi connectivity index (χ0) is 20.9. The van der Waals surface area contributed by atoms with E-state index >= 15 is 0 Å². The van der Waals surface area contributed by atoms with Crippen LogP contribution in [0.3, 0.4) is 0 Å². The third-order valence-corrected chi connectivity index (χ3v) is 8.30. The Kier molecular flexibility index (Phi) is 4.76. The van der Waals surface area contributed by atoms with Crippen molar-refractivity contribution in [3.63, 3.8) is 0 Å². The number of aromatic nitrogens is 1. The Morgan fingerprint density at radius 2 is 2.10 bits per heavy atom. The molecule has 152 valence electrons.